The van der Waals surface area contributed by atoms with E-state index >= 15 is 0 Å². The van der Waals surface area contributed by atoms with Crippen LogP contribution in [0.1, 0.15) is 26.7 Å². The van der Waals surface area contributed by atoms with E-state index in [0.29, 0.717) is 12.0 Å². The molecule has 3 atom stereocenters. The van der Waals surface area contributed by atoms with E-state index < -0.39 is 0 Å². The van der Waals surface area contributed by atoms with Gasteiger partial charge in [0.15, 0.2) is 5.96 Å². The Morgan fingerprint density at radius 1 is 1.30 bits per heavy atom. The number of aliphatic imine (C=N–C) groups is 1. The Bertz CT molecular complexity index is 505. The second-order valence-electron chi connectivity index (χ2n) is 6.62. The van der Waals surface area contributed by atoms with Gasteiger partial charge >= 0.3 is 0 Å². The van der Waals surface area contributed by atoms with Crippen molar-refractivity contribution in [2.24, 2.45) is 16.8 Å². The van der Waals surface area contributed by atoms with E-state index in [2.05, 4.69) is 59.7 Å². The first kappa shape index (κ1) is 18.4. The van der Waals surface area contributed by atoms with Crippen LogP contribution in [0.15, 0.2) is 35.3 Å². The molecule has 3 rings (SSSR count). The summed E-state index contributed by atoms with van der Waals surface area (Å²) in [5.74, 6) is 2.45. The summed E-state index contributed by atoms with van der Waals surface area (Å²) in [6, 6.07) is 11.3. The molecule has 0 spiro atoms. The van der Waals surface area contributed by atoms with Crippen LogP contribution in [-0.4, -0.2) is 38.2 Å². The van der Waals surface area contributed by atoms with Crippen molar-refractivity contribution in [3.05, 3.63) is 30.3 Å². The monoisotopic (exact) mass is 428 g/mol. The highest BCUT2D eigenvalue weighted by Crippen LogP contribution is 2.29. The van der Waals surface area contributed by atoms with Crippen LogP contribution in [0, 0.1) is 11.8 Å². The zero-order valence-electron chi connectivity index (χ0n) is 14.2. The largest absolute Gasteiger partial charge is 0.371 e. The third-order valence-electron chi connectivity index (χ3n) is 4.69. The fourth-order valence-electron chi connectivity index (χ4n) is 3.09. The minimum absolute atomic E-state index is 0. The molecule has 128 valence electrons. The van der Waals surface area contributed by atoms with Gasteiger partial charge in [0.25, 0.3) is 0 Å². The Balaban J connectivity index is 0.00000192. The number of guanidine groups is 1. The molecule has 3 unspecified atom stereocenters. The summed E-state index contributed by atoms with van der Waals surface area (Å²) in [5.41, 5.74) is 1.34. The van der Waals surface area contributed by atoms with Gasteiger partial charge in [-0.15, -0.1) is 24.0 Å². The second-order valence-corrected chi connectivity index (χ2v) is 6.62. The van der Waals surface area contributed by atoms with E-state index in [-0.39, 0.29) is 24.0 Å². The summed E-state index contributed by atoms with van der Waals surface area (Å²) in [6.45, 7) is 8.52. The van der Waals surface area contributed by atoms with Gasteiger partial charge in [0, 0.05) is 37.9 Å². The third kappa shape index (κ3) is 5.26. The summed E-state index contributed by atoms with van der Waals surface area (Å²) in [5, 5.41) is 6.90. The molecule has 1 aliphatic carbocycles. The lowest BCUT2D eigenvalue weighted by molar-refractivity contribution is 0.598. The van der Waals surface area contributed by atoms with Gasteiger partial charge < -0.3 is 15.5 Å². The van der Waals surface area contributed by atoms with E-state index in [1.54, 1.807) is 0 Å². The number of hydrogen-bond acceptors (Lipinski definition) is 2. The van der Waals surface area contributed by atoms with Crippen LogP contribution in [0.2, 0.25) is 0 Å². The molecule has 1 aromatic rings. The molecule has 1 saturated carbocycles. The lowest BCUT2D eigenvalue weighted by atomic mass is 10.1. The van der Waals surface area contributed by atoms with Gasteiger partial charge in [-0.1, -0.05) is 25.1 Å². The Kier molecular flexibility index (Phi) is 6.99. The van der Waals surface area contributed by atoms with Gasteiger partial charge in [0.1, 0.15) is 0 Å². The van der Waals surface area contributed by atoms with Crippen molar-refractivity contribution in [3.63, 3.8) is 0 Å². The number of rotatable bonds is 5. The van der Waals surface area contributed by atoms with Gasteiger partial charge in [0.2, 0.25) is 0 Å². The summed E-state index contributed by atoms with van der Waals surface area (Å²) in [6.07, 6.45) is 2.51. The number of benzene rings is 1. The standard InChI is InChI=1S/C18H28N4.HI/c1-3-19-18(21-17-11-14(17)2)20-12-15-9-10-22(13-15)16-7-5-4-6-8-16;/h4-8,14-15,17H,3,9-13H2,1-2H3,(H2,19,20,21);1H. The number of hydrogen-bond donors (Lipinski definition) is 2. The molecule has 2 aliphatic rings. The molecular formula is C18H29IN4. The first-order valence-electron chi connectivity index (χ1n) is 8.61. The molecule has 0 amide bonds. The van der Waals surface area contributed by atoms with Crippen molar-refractivity contribution >= 4 is 35.6 Å². The Labute approximate surface area is 157 Å². The lowest BCUT2D eigenvalue weighted by Gasteiger charge is -2.18. The van der Waals surface area contributed by atoms with Gasteiger partial charge in [-0.3, -0.25) is 4.99 Å². The second kappa shape index (κ2) is 8.76. The van der Waals surface area contributed by atoms with Crippen molar-refractivity contribution < 1.29 is 0 Å². The van der Waals surface area contributed by atoms with Crippen molar-refractivity contribution in [1.29, 1.82) is 0 Å². The van der Waals surface area contributed by atoms with Crippen LogP contribution >= 0.6 is 24.0 Å². The summed E-state index contributed by atoms with van der Waals surface area (Å²) in [4.78, 5) is 7.28. The number of halogens is 1. The predicted octanol–water partition coefficient (Wildman–Crippen LogP) is 3.09. The van der Waals surface area contributed by atoms with Crippen LogP contribution in [0.5, 0.6) is 0 Å². The molecule has 0 aromatic heterocycles. The number of nitrogens with one attached hydrogen (secondary N) is 2. The van der Waals surface area contributed by atoms with Crippen molar-refractivity contribution in [1.82, 2.24) is 10.6 Å². The van der Waals surface area contributed by atoms with Gasteiger partial charge in [0.05, 0.1) is 0 Å². The lowest BCUT2D eigenvalue weighted by Crippen LogP contribution is -2.39. The fourth-order valence-corrected chi connectivity index (χ4v) is 3.09. The maximum atomic E-state index is 4.81. The molecule has 2 N–H and O–H groups in total. The third-order valence-corrected chi connectivity index (χ3v) is 4.69. The maximum Gasteiger partial charge on any atom is 0.191 e. The van der Waals surface area contributed by atoms with Gasteiger partial charge in [-0.25, -0.2) is 0 Å². The number of para-hydroxylation sites is 1. The van der Waals surface area contributed by atoms with Gasteiger partial charge in [-0.05, 0) is 43.7 Å². The van der Waals surface area contributed by atoms with E-state index in [0.717, 1.165) is 38.1 Å². The molecule has 1 heterocycles. The molecule has 4 nitrogen and oxygen atoms in total. The predicted molar refractivity (Wildman–Crippen MR) is 109 cm³/mol. The molecule has 0 radical (unpaired) electrons. The zero-order valence-corrected chi connectivity index (χ0v) is 16.5. The van der Waals surface area contributed by atoms with Crippen LogP contribution in [-0.2, 0) is 0 Å². The number of nitrogens with zero attached hydrogens (tertiary/aromatic N) is 2. The van der Waals surface area contributed by atoms with Crippen LogP contribution in [0.25, 0.3) is 0 Å². The molecule has 1 saturated heterocycles. The fraction of sp³-hybridized carbons (Fsp3) is 0.611. The minimum atomic E-state index is 0. The average molecular weight is 428 g/mol. The number of anilines is 1. The highest BCUT2D eigenvalue weighted by atomic mass is 127. The molecule has 5 heteroatoms. The smallest absolute Gasteiger partial charge is 0.191 e. The van der Waals surface area contributed by atoms with E-state index in [4.69, 9.17) is 4.99 Å². The summed E-state index contributed by atoms with van der Waals surface area (Å²) >= 11 is 0. The Morgan fingerprint density at radius 2 is 2.04 bits per heavy atom. The molecule has 1 aromatic carbocycles. The highest BCUT2D eigenvalue weighted by molar-refractivity contribution is 14.0. The zero-order chi connectivity index (χ0) is 15.4. The van der Waals surface area contributed by atoms with Crippen molar-refractivity contribution in [2.75, 3.05) is 31.1 Å². The van der Waals surface area contributed by atoms with Crippen molar-refractivity contribution in [2.45, 2.75) is 32.7 Å². The van der Waals surface area contributed by atoms with Crippen LogP contribution in [0.4, 0.5) is 5.69 Å². The topological polar surface area (TPSA) is 39.7 Å². The van der Waals surface area contributed by atoms with E-state index in [1.165, 1.54) is 18.5 Å². The van der Waals surface area contributed by atoms with E-state index in [9.17, 15) is 0 Å². The van der Waals surface area contributed by atoms with Crippen LogP contribution < -0.4 is 15.5 Å². The normalized spacial score (nSPS) is 26.6. The minimum Gasteiger partial charge on any atom is -0.371 e. The first-order chi connectivity index (χ1) is 10.8. The SMILES string of the molecule is CCNC(=NCC1CCN(c2ccccc2)C1)NC1CC1C.I. The quantitative estimate of drug-likeness (QED) is 0.430. The summed E-state index contributed by atoms with van der Waals surface area (Å²) < 4.78 is 0. The molecule has 23 heavy (non-hydrogen) atoms. The maximum absolute atomic E-state index is 4.81. The highest BCUT2D eigenvalue weighted by Gasteiger charge is 2.33. The Morgan fingerprint density at radius 3 is 2.70 bits per heavy atom. The molecule has 1 aliphatic heterocycles. The molecule has 2 fully saturated rings. The Hall–Kier alpha value is -0.980. The van der Waals surface area contributed by atoms with Gasteiger partial charge in [-0.2, -0.15) is 0 Å². The average Bonchev–Trinajstić information content (AvgIpc) is 3.03. The first-order valence-corrected chi connectivity index (χ1v) is 8.61. The van der Waals surface area contributed by atoms with Crippen LogP contribution in [0.3, 0.4) is 0 Å². The summed E-state index contributed by atoms with van der Waals surface area (Å²) in [7, 11) is 0. The molecular weight excluding hydrogens is 399 g/mol. The van der Waals surface area contributed by atoms with E-state index in [1.807, 2.05) is 0 Å². The molecule has 0 bridgehead atoms. The van der Waals surface area contributed by atoms with Crippen molar-refractivity contribution in [3.8, 4) is 0 Å².